The van der Waals surface area contributed by atoms with E-state index in [0.29, 0.717) is 6.04 Å². The van der Waals surface area contributed by atoms with Crippen molar-refractivity contribution in [1.29, 1.82) is 0 Å². The van der Waals surface area contributed by atoms with Crippen molar-refractivity contribution in [3.63, 3.8) is 0 Å². The average Bonchev–Trinajstić information content (AvgIpc) is 2.73. The monoisotopic (exact) mass is 220 g/mol. The van der Waals surface area contributed by atoms with E-state index in [4.69, 9.17) is 0 Å². The fourth-order valence-corrected chi connectivity index (χ4v) is 2.94. The third-order valence-electron chi connectivity index (χ3n) is 3.74. The Labute approximate surface area is 95.4 Å². The molecule has 2 nitrogen and oxygen atoms in total. The number of hydrogen-bond donors (Lipinski definition) is 1. The van der Waals surface area contributed by atoms with Crippen LogP contribution in [0.5, 0.6) is 0 Å². The first-order valence-corrected chi connectivity index (χ1v) is 6.08. The van der Waals surface area contributed by atoms with E-state index >= 15 is 0 Å². The molecular formula is C13H17FN2. The van der Waals surface area contributed by atoms with Crippen molar-refractivity contribution in [2.24, 2.45) is 0 Å². The number of nitrogens with zero attached hydrogens (tertiary/aromatic N) is 1. The molecule has 3 rings (SSSR count). The molecule has 0 bridgehead atoms. The standard InChI is InChI=1S/C13H17FN2/c14-11-2-3-12-10(9-11)1-4-13(12)16-7-5-15-6-8-16/h2-3,9,13,15H,1,4-8H2. The fraction of sp³-hybridized carbons (Fsp3) is 0.538. The predicted molar refractivity (Wildman–Crippen MR) is 61.9 cm³/mol. The van der Waals surface area contributed by atoms with Crippen LogP contribution in [0.4, 0.5) is 4.39 Å². The van der Waals surface area contributed by atoms with Crippen LogP contribution in [-0.2, 0) is 6.42 Å². The Hall–Kier alpha value is -0.930. The molecule has 1 fully saturated rings. The van der Waals surface area contributed by atoms with E-state index < -0.39 is 0 Å². The number of benzene rings is 1. The van der Waals surface area contributed by atoms with Gasteiger partial charge in [-0.15, -0.1) is 0 Å². The van der Waals surface area contributed by atoms with Crippen molar-refractivity contribution < 1.29 is 4.39 Å². The first-order chi connectivity index (χ1) is 7.84. The van der Waals surface area contributed by atoms with Crippen LogP contribution in [0.15, 0.2) is 18.2 Å². The summed E-state index contributed by atoms with van der Waals surface area (Å²) in [7, 11) is 0. The summed E-state index contributed by atoms with van der Waals surface area (Å²) in [6.07, 6.45) is 2.18. The molecule has 3 heteroatoms. The number of halogens is 1. The quantitative estimate of drug-likeness (QED) is 0.775. The zero-order valence-corrected chi connectivity index (χ0v) is 9.38. The van der Waals surface area contributed by atoms with Crippen LogP contribution >= 0.6 is 0 Å². The molecule has 0 radical (unpaired) electrons. The molecule has 1 saturated heterocycles. The Morgan fingerprint density at radius 1 is 1.25 bits per heavy atom. The molecule has 1 unspecified atom stereocenters. The molecule has 0 aromatic heterocycles. The van der Waals surface area contributed by atoms with E-state index in [1.165, 1.54) is 11.1 Å². The van der Waals surface area contributed by atoms with Crippen LogP contribution in [0.1, 0.15) is 23.6 Å². The topological polar surface area (TPSA) is 15.3 Å². The maximum absolute atomic E-state index is 13.1. The van der Waals surface area contributed by atoms with Gasteiger partial charge in [-0.1, -0.05) is 6.07 Å². The number of aryl methyl sites for hydroxylation is 1. The second kappa shape index (κ2) is 4.15. The SMILES string of the molecule is Fc1ccc2c(c1)CCC2N1CCNCC1. The minimum absolute atomic E-state index is 0.0975. The molecule has 86 valence electrons. The Balaban J connectivity index is 1.84. The van der Waals surface area contributed by atoms with Gasteiger partial charge in [-0.05, 0) is 36.1 Å². The molecule has 0 saturated carbocycles. The number of rotatable bonds is 1. The number of fused-ring (bicyclic) bond motifs is 1. The maximum Gasteiger partial charge on any atom is 0.123 e. The Bertz CT molecular complexity index is 386. The first kappa shape index (κ1) is 10.2. The van der Waals surface area contributed by atoms with Gasteiger partial charge < -0.3 is 5.32 Å². The maximum atomic E-state index is 13.1. The summed E-state index contributed by atoms with van der Waals surface area (Å²) < 4.78 is 13.1. The number of hydrogen-bond acceptors (Lipinski definition) is 2. The summed E-state index contributed by atoms with van der Waals surface area (Å²) in [5, 5.41) is 3.37. The van der Waals surface area contributed by atoms with Crippen LogP contribution in [0, 0.1) is 5.82 Å². The lowest BCUT2D eigenvalue weighted by molar-refractivity contribution is 0.173. The highest BCUT2D eigenvalue weighted by Crippen LogP contribution is 2.35. The van der Waals surface area contributed by atoms with Crippen LogP contribution in [0.3, 0.4) is 0 Å². The summed E-state index contributed by atoms with van der Waals surface area (Å²) in [6.45, 7) is 4.38. The molecule has 1 heterocycles. The molecule has 1 aliphatic heterocycles. The lowest BCUT2D eigenvalue weighted by Gasteiger charge is -2.33. The predicted octanol–water partition coefficient (Wildman–Crippen LogP) is 1.72. The molecule has 1 aromatic carbocycles. The van der Waals surface area contributed by atoms with E-state index in [9.17, 15) is 4.39 Å². The second-order valence-corrected chi connectivity index (χ2v) is 4.68. The van der Waals surface area contributed by atoms with Gasteiger partial charge in [0.05, 0.1) is 0 Å². The van der Waals surface area contributed by atoms with Crippen molar-refractivity contribution in [3.05, 3.63) is 35.1 Å². The highest BCUT2D eigenvalue weighted by Gasteiger charge is 2.28. The van der Waals surface area contributed by atoms with Crippen LogP contribution < -0.4 is 5.32 Å². The molecule has 0 amide bonds. The minimum atomic E-state index is -0.0975. The van der Waals surface area contributed by atoms with Crippen LogP contribution in [0.2, 0.25) is 0 Å². The van der Waals surface area contributed by atoms with Gasteiger partial charge in [-0.25, -0.2) is 4.39 Å². The van der Waals surface area contributed by atoms with Gasteiger partial charge in [0.25, 0.3) is 0 Å². The molecule has 2 aliphatic rings. The molecule has 1 aliphatic carbocycles. The van der Waals surface area contributed by atoms with E-state index in [-0.39, 0.29) is 5.82 Å². The van der Waals surface area contributed by atoms with Gasteiger partial charge in [-0.3, -0.25) is 4.90 Å². The summed E-state index contributed by atoms with van der Waals surface area (Å²) in [5.41, 5.74) is 2.56. The van der Waals surface area contributed by atoms with Crippen molar-refractivity contribution in [2.45, 2.75) is 18.9 Å². The van der Waals surface area contributed by atoms with Gasteiger partial charge in [0, 0.05) is 32.2 Å². The van der Waals surface area contributed by atoms with Gasteiger partial charge >= 0.3 is 0 Å². The Morgan fingerprint density at radius 2 is 2.06 bits per heavy atom. The average molecular weight is 220 g/mol. The minimum Gasteiger partial charge on any atom is -0.314 e. The van der Waals surface area contributed by atoms with Crippen molar-refractivity contribution in [2.75, 3.05) is 26.2 Å². The lowest BCUT2D eigenvalue weighted by Crippen LogP contribution is -2.44. The molecule has 1 aromatic rings. The van der Waals surface area contributed by atoms with Gasteiger partial charge in [0.1, 0.15) is 5.82 Å². The zero-order chi connectivity index (χ0) is 11.0. The fourth-order valence-electron chi connectivity index (χ4n) is 2.94. The summed E-state index contributed by atoms with van der Waals surface area (Å²) >= 11 is 0. The van der Waals surface area contributed by atoms with Gasteiger partial charge in [-0.2, -0.15) is 0 Å². The Kier molecular flexibility index (Phi) is 2.65. The summed E-state index contributed by atoms with van der Waals surface area (Å²) in [6, 6.07) is 5.80. The van der Waals surface area contributed by atoms with Crippen molar-refractivity contribution in [3.8, 4) is 0 Å². The van der Waals surface area contributed by atoms with E-state index in [1.54, 1.807) is 12.1 Å². The smallest absolute Gasteiger partial charge is 0.123 e. The summed E-state index contributed by atoms with van der Waals surface area (Å²) in [5.74, 6) is -0.0975. The Morgan fingerprint density at radius 3 is 2.88 bits per heavy atom. The van der Waals surface area contributed by atoms with Crippen molar-refractivity contribution >= 4 is 0 Å². The van der Waals surface area contributed by atoms with E-state index in [0.717, 1.165) is 39.0 Å². The third-order valence-corrected chi connectivity index (χ3v) is 3.74. The second-order valence-electron chi connectivity index (χ2n) is 4.68. The lowest BCUT2D eigenvalue weighted by atomic mass is 10.1. The van der Waals surface area contributed by atoms with Gasteiger partial charge in [0.15, 0.2) is 0 Å². The van der Waals surface area contributed by atoms with E-state index in [1.807, 2.05) is 6.07 Å². The molecular weight excluding hydrogens is 203 g/mol. The summed E-state index contributed by atoms with van der Waals surface area (Å²) in [4.78, 5) is 2.53. The number of piperazine rings is 1. The third kappa shape index (κ3) is 1.74. The van der Waals surface area contributed by atoms with E-state index in [2.05, 4.69) is 10.2 Å². The normalized spacial score (nSPS) is 25.7. The molecule has 16 heavy (non-hydrogen) atoms. The molecule has 1 N–H and O–H groups in total. The first-order valence-electron chi connectivity index (χ1n) is 6.08. The van der Waals surface area contributed by atoms with Crippen LogP contribution in [-0.4, -0.2) is 31.1 Å². The van der Waals surface area contributed by atoms with Crippen molar-refractivity contribution in [1.82, 2.24) is 10.2 Å². The van der Waals surface area contributed by atoms with Crippen LogP contribution in [0.25, 0.3) is 0 Å². The molecule has 0 spiro atoms. The highest BCUT2D eigenvalue weighted by atomic mass is 19.1. The largest absolute Gasteiger partial charge is 0.314 e. The van der Waals surface area contributed by atoms with Gasteiger partial charge in [0.2, 0.25) is 0 Å². The highest BCUT2D eigenvalue weighted by molar-refractivity contribution is 5.35. The number of nitrogens with one attached hydrogen (secondary N) is 1. The zero-order valence-electron chi connectivity index (χ0n) is 9.38. The molecule has 1 atom stereocenters.